The quantitative estimate of drug-likeness (QED) is 0.707. The molecule has 0 radical (unpaired) electrons. The van der Waals surface area contributed by atoms with Crippen LogP contribution in [0.5, 0.6) is 0 Å². The molecule has 2 nitrogen and oxygen atoms in total. The zero-order valence-corrected chi connectivity index (χ0v) is 8.56. The number of hydrogen-bond acceptors (Lipinski definition) is 3. The molecule has 10 heavy (non-hydrogen) atoms. The van der Waals surface area contributed by atoms with Gasteiger partial charge in [-0.25, -0.2) is 0 Å². The van der Waals surface area contributed by atoms with Crippen molar-refractivity contribution in [3.63, 3.8) is 0 Å². The van der Waals surface area contributed by atoms with Gasteiger partial charge in [0.1, 0.15) is 0 Å². The molecule has 0 aromatic carbocycles. The van der Waals surface area contributed by atoms with Gasteiger partial charge < -0.3 is 6.15 Å². The summed E-state index contributed by atoms with van der Waals surface area (Å²) in [5.74, 6) is 0. The Bertz CT molecular complexity index is 74.1. The van der Waals surface area contributed by atoms with E-state index in [0.29, 0.717) is 0 Å². The van der Waals surface area contributed by atoms with E-state index in [1.807, 2.05) is 19.2 Å². The third-order valence-electron chi connectivity index (χ3n) is 0.347. The standard InChI is InChI=1S/C3H3NS.C2H6.2ClH.H3N/c1-2-5-3-4-1;1-2;;;/h1-3H;1-2H3;2*1H;1H3. The molecule has 64 valence electrons. The van der Waals surface area contributed by atoms with Crippen molar-refractivity contribution in [2.24, 2.45) is 0 Å². The van der Waals surface area contributed by atoms with Crippen molar-refractivity contribution >= 4 is 36.2 Å². The molecule has 5 heteroatoms. The highest BCUT2D eigenvalue weighted by molar-refractivity contribution is 7.07. The summed E-state index contributed by atoms with van der Waals surface area (Å²) in [7, 11) is 0. The zero-order valence-electron chi connectivity index (χ0n) is 6.11. The number of aromatic nitrogens is 1. The molecule has 0 saturated carbocycles. The summed E-state index contributed by atoms with van der Waals surface area (Å²) in [6.45, 7) is 4.00. The van der Waals surface area contributed by atoms with Gasteiger partial charge in [0.2, 0.25) is 0 Å². The van der Waals surface area contributed by atoms with Crippen molar-refractivity contribution in [3.05, 3.63) is 17.1 Å². The van der Waals surface area contributed by atoms with Gasteiger partial charge in [0.15, 0.2) is 0 Å². The van der Waals surface area contributed by atoms with E-state index in [1.54, 1.807) is 23.0 Å². The average Bonchev–Trinajstić information content (AvgIpc) is 2.23. The summed E-state index contributed by atoms with van der Waals surface area (Å²) in [5.41, 5.74) is 1.79. The Labute approximate surface area is 78.5 Å². The van der Waals surface area contributed by atoms with Crippen molar-refractivity contribution in [1.82, 2.24) is 11.1 Å². The maximum atomic E-state index is 3.74. The monoisotopic (exact) mass is 204 g/mol. The highest BCUT2D eigenvalue weighted by Gasteiger charge is 1.59. The maximum absolute atomic E-state index is 3.74. The van der Waals surface area contributed by atoms with Crippen LogP contribution in [0, 0.1) is 0 Å². The smallest absolute Gasteiger partial charge is 0.0791 e. The van der Waals surface area contributed by atoms with Gasteiger partial charge in [-0.2, -0.15) is 0 Å². The van der Waals surface area contributed by atoms with E-state index in [0.717, 1.165) is 0 Å². The molecule has 0 aliphatic heterocycles. The van der Waals surface area contributed by atoms with Gasteiger partial charge in [0, 0.05) is 11.6 Å². The van der Waals surface area contributed by atoms with Crippen molar-refractivity contribution in [3.8, 4) is 0 Å². The molecule has 0 fully saturated rings. The van der Waals surface area contributed by atoms with Gasteiger partial charge >= 0.3 is 0 Å². The summed E-state index contributed by atoms with van der Waals surface area (Å²) < 4.78 is 0. The molecule has 1 aromatic heterocycles. The number of halogens is 2. The minimum Gasteiger partial charge on any atom is -0.344 e. The first-order valence-corrected chi connectivity index (χ1v) is 3.26. The van der Waals surface area contributed by atoms with Gasteiger partial charge in [-0.05, 0) is 0 Å². The number of nitrogens with zero attached hydrogens (tertiary/aromatic N) is 1. The Hall–Kier alpha value is 0.170. The Morgan fingerprint density at radius 3 is 1.80 bits per heavy atom. The molecule has 3 N–H and O–H groups in total. The van der Waals surface area contributed by atoms with Crippen LogP contribution in [-0.4, -0.2) is 4.98 Å². The van der Waals surface area contributed by atoms with Gasteiger partial charge in [-0.15, -0.1) is 36.2 Å². The lowest BCUT2D eigenvalue weighted by molar-refractivity contribution is 1.43. The van der Waals surface area contributed by atoms with Crippen LogP contribution in [0.15, 0.2) is 17.1 Å². The van der Waals surface area contributed by atoms with Crippen LogP contribution >= 0.6 is 36.2 Å². The fraction of sp³-hybridized carbons (Fsp3) is 0.400. The number of thiazole rings is 1. The molecule has 0 unspecified atom stereocenters. The molecule has 1 heterocycles. The highest BCUT2D eigenvalue weighted by atomic mass is 35.5. The van der Waals surface area contributed by atoms with Crippen LogP contribution in [-0.2, 0) is 0 Å². The predicted molar refractivity (Wildman–Crippen MR) is 53.0 cm³/mol. The van der Waals surface area contributed by atoms with E-state index in [4.69, 9.17) is 0 Å². The predicted octanol–water partition coefficient (Wildman–Crippen LogP) is 3.17. The van der Waals surface area contributed by atoms with Crippen LogP contribution < -0.4 is 6.15 Å². The fourth-order valence-corrected chi connectivity index (χ4v) is 0.527. The molecule has 0 atom stereocenters. The molecule has 1 aromatic rings. The molecular weight excluding hydrogens is 191 g/mol. The van der Waals surface area contributed by atoms with Gasteiger partial charge in [-0.3, -0.25) is 4.98 Å². The fourth-order valence-electron chi connectivity index (χ4n) is 0.176. The largest absolute Gasteiger partial charge is 0.344 e. The zero-order chi connectivity index (χ0) is 5.54. The first-order valence-electron chi connectivity index (χ1n) is 2.32. The first-order chi connectivity index (χ1) is 3.50. The Morgan fingerprint density at radius 2 is 1.70 bits per heavy atom. The molecule has 1 rings (SSSR count). The lowest BCUT2D eigenvalue weighted by Crippen LogP contribution is -1.38. The van der Waals surface area contributed by atoms with E-state index in [1.165, 1.54) is 0 Å². The lowest BCUT2D eigenvalue weighted by atomic mass is 11.0. The summed E-state index contributed by atoms with van der Waals surface area (Å²) in [4.78, 5) is 3.74. The normalized spacial score (nSPS) is 4.60. The topological polar surface area (TPSA) is 47.9 Å². The Kier molecular flexibility index (Phi) is 51.4. The van der Waals surface area contributed by atoms with Crippen LogP contribution in [0.3, 0.4) is 0 Å². The summed E-state index contributed by atoms with van der Waals surface area (Å²) in [6, 6.07) is 0. The molecule has 0 saturated heterocycles. The van der Waals surface area contributed by atoms with E-state index < -0.39 is 0 Å². The van der Waals surface area contributed by atoms with Crippen LogP contribution in [0.25, 0.3) is 0 Å². The van der Waals surface area contributed by atoms with Gasteiger partial charge in [-0.1, -0.05) is 13.8 Å². The van der Waals surface area contributed by atoms with E-state index in [2.05, 4.69) is 4.98 Å². The van der Waals surface area contributed by atoms with Crippen molar-refractivity contribution in [1.29, 1.82) is 0 Å². The van der Waals surface area contributed by atoms with Crippen LogP contribution in [0.4, 0.5) is 0 Å². The van der Waals surface area contributed by atoms with E-state index in [-0.39, 0.29) is 31.0 Å². The molecule has 0 amide bonds. The van der Waals surface area contributed by atoms with E-state index in [9.17, 15) is 0 Å². The van der Waals surface area contributed by atoms with Gasteiger partial charge in [0.25, 0.3) is 0 Å². The third kappa shape index (κ3) is 15.7. The van der Waals surface area contributed by atoms with Crippen molar-refractivity contribution in [2.45, 2.75) is 13.8 Å². The minimum atomic E-state index is 0. The third-order valence-corrected chi connectivity index (χ3v) is 0.869. The Balaban J connectivity index is -0.0000000337. The highest BCUT2D eigenvalue weighted by Crippen LogP contribution is 1.85. The summed E-state index contributed by atoms with van der Waals surface area (Å²) in [6.07, 6.45) is 1.77. The summed E-state index contributed by atoms with van der Waals surface area (Å²) in [5, 5.41) is 1.93. The molecule has 0 spiro atoms. The second kappa shape index (κ2) is 22.9. The average molecular weight is 205 g/mol. The SMILES string of the molecule is CC.Cl.Cl.N.c1cscn1. The second-order valence-corrected chi connectivity index (χ2v) is 1.43. The molecule has 0 aliphatic rings. The summed E-state index contributed by atoms with van der Waals surface area (Å²) >= 11 is 1.60. The van der Waals surface area contributed by atoms with Gasteiger partial charge in [0.05, 0.1) is 5.51 Å². The number of hydrogen-bond donors (Lipinski definition) is 1. The van der Waals surface area contributed by atoms with Crippen molar-refractivity contribution < 1.29 is 0 Å². The van der Waals surface area contributed by atoms with Crippen LogP contribution in [0.2, 0.25) is 0 Å². The lowest BCUT2D eigenvalue weighted by Gasteiger charge is -1.41. The molecular formula is C5H14Cl2N2S. The first kappa shape index (κ1) is 22.5. The molecule has 0 bridgehead atoms. The number of rotatable bonds is 0. The Morgan fingerprint density at radius 1 is 1.20 bits per heavy atom. The van der Waals surface area contributed by atoms with Crippen LogP contribution in [0.1, 0.15) is 13.8 Å². The minimum absolute atomic E-state index is 0. The van der Waals surface area contributed by atoms with E-state index >= 15 is 0 Å². The maximum Gasteiger partial charge on any atom is 0.0791 e. The molecule has 0 aliphatic carbocycles. The van der Waals surface area contributed by atoms with Crippen molar-refractivity contribution in [2.75, 3.05) is 0 Å². The second-order valence-electron chi connectivity index (χ2n) is 0.676.